The van der Waals surface area contributed by atoms with Crippen LogP contribution in [-0.4, -0.2) is 58.7 Å². The van der Waals surface area contributed by atoms with Gasteiger partial charge in [0.1, 0.15) is 0 Å². The molecule has 0 atom stereocenters. The van der Waals surface area contributed by atoms with Gasteiger partial charge < -0.3 is 9.80 Å². The van der Waals surface area contributed by atoms with Crippen molar-refractivity contribution in [3.8, 4) is 5.69 Å². The Morgan fingerprint density at radius 2 is 1.79 bits per heavy atom. The maximum absolute atomic E-state index is 13.0. The number of rotatable bonds is 4. The van der Waals surface area contributed by atoms with Crippen LogP contribution in [0.4, 0.5) is 0 Å². The van der Waals surface area contributed by atoms with E-state index in [4.69, 9.17) is 0 Å². The molecular formula is C19H26N4O. The Bertz CT molecular complexity index is 697. The Hall–Kier alpha value is -2.14. The van der Waals surface area contributed by atoms with E-state index in [0.29, 0.717) is 0 Å². The first-order valence-corrected chi connectivity index (χ1v) is 8.72. The number of aryl methyl sites for hydroxylation is 1. The minimum atomic E-state index is 0.116. The number of hydrogen-bond donors (Lipinski definition) is 0. The molecular weight excluding hydrogens is 300 g/mol. The molecule has 128 valence electrons. The molecule has 5 heteroatoms. The highest BCUT2D eigenvalue weighted by molar-refractivity contribution is 5.95. The second-order valence-corrected chi connectivity index (χ2v) is 6.60. The van der Waals surface area contributed by atoms with E-state index in [0.717, 1.165) is 56.0 Å². The predicted octanol–water partition coefficient (Wildman–Crippen LogP) is 2.52. The van der Waals surface area contributed by atoms with E-state index in [1.165, 1.54) is 5.56 Å². The Kier molecular flexibility index (Phi) is 5.00. The second-order valence-electron chi connectivity index (χ2n) is 6.60. The first-order chi connectivity index (χ1) is 11.6. The van der Waals surface area contributed by atoms with Crippen LogP contribution in [0.25, 0.3) is 5.69 Å². The molecule has 0 spiro atoms. The summed E-state index contributed by atoms with van der Waals surface area (Å²) in [5, 5.41) is 4.52. The van der Waals surface area contributed by atoms with Crippen molar-refractivity contribution in [1.29, 1.82) is 0 Å². The zero-order valence-corrected chi connectivity index (χ0v) is 14.8. The molecule has 5 nitrogen and oxygen atoms in total. The SMILES string of the molecule is CCCc1c(C(=O)N2CCN(C)CC2)cnn1-c1ccc(C)cc1. The number of likely N-dealkylation sites (N-methyl/N-ethyl adjacent to an activating group) is 1. The number of nitrogens with zero attached hydrogens (tertiary/aromatic N) is 4. The van der Waals surface area contributed by atoms with Crippen LogP contribution in [0.3, 0.4) is 0 Å². The minimum Gasteiger partial charge on any atom is -0.336 e. The Labute approximate surface area is 143 Å². The van der Waals surface area contributed by atoms with Crippen molar-refractivity contribution < 1.29 is 4.79 Å². The molecule has 2 aromatic rings. The van der Waals surface area contributed by atoms with Crippen LogP contribution < -0.4 is 0 Å². The van der Waals surface area contributed by atoms with Gasteiger partial charge in [-0.25, -0.2) is 4.68 Å². The maximum atomic E-state index is 13.0. The molecule has 0 radical (unpaired) electrons. The van der Waals surface area contributed by atoms with Crippen molar-refractivity contribution in [1.82, 2.24) is 19.6 Å². The van der Waals surface area contributed by atoms with Crippen molar-refractivity contribution in [2.45, 2.75) is 26.7 Å². The fourth-order valence-electron chi connectivity index (χ4n) is 3.12. The Morgan fingerprint density at radius 3 is 2.42 bits per heavy atom. The number of hydrogen-bond acceptors (Lipinski definition) is 3. The molecule has 0 aliphatic carbocycles. The van der Waals surface area contributed by atoms with Crippen LogP contribution in [0.2, 0.25) is 0 Å². The van der Waals surface area contributed by atoms with E-state index in [1.54, 1.807) is 6.20 Å². The van der Waals surface area contributed by atoms with Crippen LogP contribution in [0.15, 0.2) is 30.5 Å². The van der Waals surface area contributed by atoms with Gasteiger partial charge in [0.25, 0.3) is 5.91 Å². The fourth-order valence-corrected chi connectivity index (χ4v) is 3.12. The van der Waals surface area contributed by atoms with E-state index in [2.05, 4.69) is 55.2 Å². The molecule has 1 aromatic carbocycles. The lowest BCUT2D eigenvalue weighted by Gasteiger charge is -2.32. The lowest BCUT2D eigenvalue weighted by molar-refractivity contribution is 0.0663. The van der Waals surface area contributed by atoms with Gasteiger partial charge in [0.2, 0.25) is 0 Å². The molecule has 2 heterocycles. The largest absolute Gasteiger partial charge is 0.336 e. The van der Waals surface area contributed by atoms with Gasteiger partial charge in [0, 0.05) is 26.2 Å². The lowest BCUT2D eigenvalue weighted by Crippen LogP contribution is -2.47. The smallest absolute Gasteiger partial charge is 0.257 e. The fraction of sp³-hybridized carbons (Fsp3) is 0.474. The topological polar surface area (TPSA) is 41.4 Å². The number of piperazine rings is 1. The zero-order chi connectivity index (χ0) is 17.1. The lowest BCUT2D eigenvalue weighted by atomic mass is 10.1. The molecule has 1 fully saturated rings. The minimum absolute atomic E-state index is 0.116. The van der Waals surface area contributed by atoms with Crippen LogP contribution in [-0.2, 0) is 6.42 Å². The number of amides is 1. The molecule has 0 saturated carbocycles. The summed E-state index contributed by atoms with van der Waals surface area (Å²) in [6.45, 7) is 7.65. The monoisotopic (exact) mass is 326 g/mol. The summed E-state index contributed by atoms with van der Waals surface area (Å²) in [6.07, 6.45) is 3.58. The molecule has 3 rings (SSSR count). The predicted molar refractivity (Wildman–Crippen MR) is 95.7 cm³/mol. The molecule has 1 aromatic heterocycles. The molecule has 0 unspecified atom stereocenters. The van der Waals surface area contributed by atoms with E-state index in [-0.39, 0.29) is 5.91 Å². The van der Waals surface area contributed by atoms with Crippen molar-refractivity contribution >= 4 is 5.91 Å². The third-order valence-electron chi connectivity index (χ3n) is 4.66. The summed E-state index contributed by atoms with van der Waals surface area (Å²) in [4.78, 5) is 17.2. The van der Waals surface area contributed by atoms with Crippen molar-refractivity contribution in [2.75, 3.05) is 33.2 Å². The molecule has 1 saturated heterocycles. The third kappa shape index (κ3) is 3.36. The summed E-state index contributed by atoms with van der Waals surface area (Å²) in [7, 11) is 2.10. The molecule has 1 aliphatic heterocycles. The first-order valence-electron chi connectivity index (χ1n) is 8.72. The molecule has 0 N–H and O–H groups in total. The second kappa shape index (κ2) is 7.18. The van der Waals surface area contributed by atoms with Gasteiger partial charge in [-0.05, 0) is 32.5 Å². The highest BCUT2D eigenvalue weighted by atomic mass is 16.2. The Balaban J connectivity index is 1.91. The van der Waals surface area contributed by atoms with Gasteiger partial charge in [-0.1, -0.05) is 31.0 Å². The summed E-state index contributed by atoms with van der Waals surface area (Å²) >= 11 is 0. The normalized spacial score (nSPS) is 15.7. The quantitative estimate of drug-likeness (QED) is 0.867. The van der Waals surface area contributed by atoms with Gasteiger partial charge in [-0.3, -0.25) is 4.79 Å². The van der Waals surface area contributed by atoms with Gasteiger partial charge in [-0.2, -0.15) is 5.10 Å². The third-order valence-corrected chi connectivity index (χ3v) is 4.66. The van der Waals surface area contributed by atoms with Crippen LogP contribution in [0, 0.1) is 6.92 Å². The standard InChI is InChI=1S/C19H26N4O/c1-4-5-18-17(19(24)22-12-10-21(3)11-13-22)14-20-23(18)16-8-6-15(2)7-9-16/h6-9,14H,4-5,10-13H2,1-3H3. The Morgan fingerprint density at radius 1 is 1.12 bits per heavy atom. The van der Waals surface area contributed by atoms with Crippen LogP contribution >= 0.6 is 0 Å². The average molecular weight is 326 g/mol. The highest BCUT2D eigenvalue weighted by Crippen LogP contribution is 2.19. The van der Waals surface area contributed by atoms with Gasteiger partial charge >= 0.3 is 0 Å². The van der Waals surface area contributed by atoms with Crippen molar-refractivity contribution in [2.24, 2.45) is 0 Å². The van der Waals surface area contributed by atoms with Gasteiger partial charge in [-0.15, -0.1) is 0 Å². The number of benzene rings is 1. The number of carbonyl (C=O) groups excluding carboxylic acids is 1. The molecule has 1 aliphatic rings. The highest BCUT2D eigenvalue weighted by Gasteiger charge is 2.25. The zero-order valence-electron chi connectivity index (χ0n) is 14.8. The van der Waals surface area contributed by atoms with Crippen molar-refractivity contribution in [3.05, 3.63) is 47.3 Å². The number of carbonyl (C=O) groups is 1. The number of aromatic nitrogens is 2. The van der Waals surface area contributed by atoms with E-state index < -0.39 is 0 Å². The maximum Gasteiger partial charge on any atom is 0.257 e. The average Bonchev–Trinajstić information content (AvgIpc) is 3.00. The van der Waals surface area contributed by atoms with Crippen molar-refractivity contribution in [3.63, 3.8) is 0 Å². The molecule has 0 bridgehead atoms. The van der Waals surface area contributed by atoms with E-state index >= 15 is 0 Å². The summed E-state index contributed by atoms with van der Waals surface area (Å²) in [5.41, 5.74) is 4.01. The van der Waals surface area contributed by atoms with Gasteiger partial charge in [0.05, 0.1) is 23.1 Å². The summed E-state index contributed by atoms with van der Waals surface area (Å²) in [6, 6.07) is 8.28. The van der Waals surface area contributed by atoms with Gasteiger partial charge in [0.15, 0.2) is 0 Å². The van der Waals surface area contributed by atoms with Crippen LogP contribution in [0.1, 0.15) is 35.0 Å². The molecule has 24 heavy (non-hydrogen) atoms. The van der Waals surface area contributed by atoms with Crippen LogP contribution in [0.5, 0.6) is 0 Å². The summed E-state index contributed by atoms with van der Waals surface area (Å²) < 4.78 is 1.92. The summed E-state index contributed by atoms with van der Waals surface area (Å²) in [5.74, 6) is 0.116. The molecule has 1 amide bonds. The van der Waals surface area contributed by atoms with E-state index in [9.17, 15) is 4.79 Å². The first kappa shape index (κ1) is 16.7. The van der Waals surface area contributed by atoms with E-state index in [1.807, 2.05) is 9.58 Å².